The van der Waals surface area contributed by atoms with Crippen molar-refractivity contribution in [1.29, 1.82) is 0 Å². The Morgan fingerprint density at radius 3 is 2.64 bits per heavy atom. The maximum atomic E-state index is 12.1. The first-order valence-corrected chi connectivity index (χ1v) is 8.43. The van der Waals surface area contributed by atoms with E-state index >= 15 is 0 Å². The van der Waals surface area contributed by atoms with Crippen LogP contribution in [-0.2, 0) is 4.79 Å². The van der Waals surface area contributed by atoms with Crippen LogP contribution in [0.5, 0.6) is 0 Å². The van der Waals surface area contributed by atoms with Crippen LogP contribution in [0.1, 0.15) is 54.7 Å². The highest BCUT2D eigenvalue weighted by atomic mass is 32.1. The first kappa shape index (κ1) is 15.1. The molecule has 1 aromatic carbocycles. The smallest absolute Gasteiger partial charge is 0.259 e. The van der Waals surface area contributed by atoms with Gasteiger partial charge in [0.2, 0.25) is 5.13 Å². The number of rotatable bonds is 4. The molecule has 1 heterocycles. The van der Waals surface area contributed by atoms with Crippen LogP contribution >= 0.6 is 11.3 Å². The summed E-state index contributed by atoms with van der Waals surface area (Å²) < 4.78 is 0. The number of carbonyl (C=O) groups is 1. The fourth-order valence-corrected chi connectivity index (χ4v) is 3.68. The van der Waals surface area contributed by atoms with E-state index in [0.717, 1.165) is 17.8 Å². The third-order valence-electron chi connectivity index (χ3n) is 3.99. The highest BCUT2D eigenvalue weighted by Crippen LogP contribution is 2.35. The predicted octanol–water partition coefficient (Wildman–Crippen LogP) is 3.26. The SMILES string of the molecule is O=C(Nc1nnc(C2CCCCC2)s1)[C@H](O)c1ccccc1. The summed E-state index contributed by atoms with van der Waals surface area (Å²) in [6, 6.07) is 8.86. The molecule has 116 valence electrons. The number of anilines is 1. The lowest BCUT2D eigenvalue weighted by Gasteiger charge is -2.18. The van der Waals surface area contributed by atoms with E-state index in [1.54, 1.807) is 24.3 Å². The van der Waals surface area contributed by atoms with Crippen LogP contribution < -0.4 is 5.32 Å². The lowest BCUT2D eigenvalue weighted by molar-refractivity contribution is -0.124. The molecule has 1 saturated carbocycles. The van der Waals surface area contributed by atoms with Gasteiger partial charge >= 0.3 is 0 Å². The van der Waals surface area contributed by atoms with Gasteiger partial charge in [-0.25, -0.2) is 0 Å². The summed E-state index contributed by atoms with van der Waals surface area (Å²) in [4.78, 5) is 12.1. The van der Waals surface area contributed by atoms with Crippen LogP contribution in [0.2, 0.25) is 0 Å². The molecule has 1 amide bonds. The van der Waals surface area contributed by atoms with Crippen molar-refractivity contribution in [3.8, 4) is 0 Å². The number of hydrogen-bond donors (Lipinski definition) is 2. The lowest BCUT2D eigenvalue weighted by Crippen LogP contribution is -2.20. The molecule has 0 aliphatic heterocycles. The van der Waals surface area contributed by atoms with Crippen molar-refractivity contribution < 1.29 is 9.90 Å². The van der Waals surface area contributed by atoms with E-state index in [1.807, 2.05) is 6.07 Å². The first-order chi connectivity index (χ1) is 10.7. The Bertz CT molecular complexity index is 623. The first-order valence-electron chi connectivity index (χ1n) is 7.61. The Kier molecular flexibility index (Phi) is 4.80. The van der Waals surface area contributed by atoms with Crippen molar-refractivity contribution in [3.05, 3.63) is 40.9 Å². The van der Waals surface area contributed by atoms with E-state index < -0.39 is 12.0 Å². The van der Waals surface area contributed by atoms with Gasteiger partial charge < -0.3 is 5.11 Å². The van der Waals surface area contributed by atoms with Crippen LogP contribution in [0.25, 0.3) is 0 Å². The molecule has 1 atom stereocenters. The van der Waals surface area contributed by atoms with Crippen LogP contribution in [-0.4, -0.2) is 21.2 Å². The zero-order chi connectivity index (χ0) is 15.4. The Balaban J connectivity index is 1.63. The van der Waals surface area contributed by atoms with Crippen LogP contribution in [0.3, 0.4) is 0 Å². The van der Waals surface area contributed by atoms with Crippen LogP contribution in [0.4, 0.5) is 5.13 Å². The van der Waals surface area contributed by atoms with Crippen molar-refractivity contribution in [3.63, 3.8) is 0 Å². The minimum absolute atomic E-state index is 0.459. The number of aromatic nitrogens is 2. The molecule has 0 radical (unpaired) electrons. The van der Waals surface area contributed by atoms with Gasteiger partial charge in [-0.2, -0.15) is 0 Å². The van der Waals surface area contributed by atoms with Crippen molar-refractivity contribution in [1.82, 2.24) is 10.2 Å². The molecule has 1 aliphatic rings. The molecule has 22 heavy (non-hydrogen) atoms. The highest BCUT2D eigenvalue weighted by molar-refractivity contribution is 7.15. The van der Waals surface area contributed by atoms with E-state index in [-0.39, 0.29) is 0 Å². The Labute approximate surface area is 133 Å². The van der Waals surface area contributed by atoms with Gasteiger partial charge in [-0.15, -0.1) is 10.2 Å². The third kappa shape index (κ3) is 3.51. The maximum Gasteiger partial charge on any atom is 0.259 e. The maximum absolute atomic E-state index is 12.1. The molecule has 1 aromatic heterocycles. The van der Waals surface area contributed by atoms with E-state index in [0.29, 0.717) is 16.6 Å². The van der Waals surface area contributed by atoms with Crippen LogP contribution in [0, 0.1) is 0 Å². The zero-order valence-electron chi connectivity index (χ0n) is 12.2. The minimum atomic E-state index is -1.19. The summed E-state index contributed by atoms with van der Waals surface area (Å²) in [7, 11) is 0. The fraction of sp³-hybridized carbons (Fsp3) is 0.438. The lowest BCUT2D eigenvalue weighted by atomic mass is 9.90. The molecule has 1 aliphatic carbocycles. The van der Waals surface area contributed by atoms with E-state index in [9.17, 15) is 9.90 Å². The number of nitrogens with zero attached hydrogens (tertiary/aromatic N) is 2. The van der Waals surface area contributed by atoms with Crippen molar-refractivity contribution in [2.75, 3.05) is 5.32 Å². The number of hydrogen-bond acceptors (Lipinski definition) is 5. The highest BCUT2D eigenvalue weighted by Gasteiger charge is 2.22. The zero-order valence-corrected chi connectivity index (χ0v) is 13.1. The monoisotopic (exact) mass is 317 g/mol. The summed E-state index contributed by atoms with van der Waals surface area (Å²) >= 11 is 1.42. The van der Waals surface area contributed by atoms with Gasteiger partial charge in [-0.05, 0) is 18.4 Å². The van der Waals surface area contributed by atoms with E-state index in [2.05, 4.69) is 15.5 Å². The van der Waals surface area contributed by atoms with Gasteiger partial charge in [0.15, 0.2) is 6.10 Å². The topological polar surface area (TPSA) is 75.1 Å². The average Bonchev–Trinajstić information content (AvgIpc) is 3.04. The standard InChI is InChI=1S/C16H19N3O2S/c20-13(11-7-3-1-4-8-11)14(21)17-16-19-18-15(22-16)12-9-5-2-6-10-12/h1,3-4,7-8,12-13,20H,2,5-6,9-10H2,(H,17,19,21)/t13-/m1/s1. The van der Waals surface area contributed by atoms with Crippen molar-refractivity contribution in [2.24, 2.45) is 0 Å². The van der Waals surface area contributed by atoms with Gasteiger partial charge in [0, 0.05) is 5.92 Å². The summed E-state index contributed by atoms with van der Waals surface area (Å²) in [5.74, 6) is -0.00602. The molecular formula is C16H19N3O2S. The normalized spacial score (nSPS) is 17.1. The molecule has 0 saturated heterocycles. The van der Waals surface area contributed by atoms with Crippen molar-refractivity contribution in [2.45, 2.75) is 44.1 Å². The quantitative estimate of drug-likeness (QED) is 0.907. The van der Waals surface area contributed by atoms with Gasteiger partial charge in [-0.3, -0.25) is 10.1 Å². The van der Waals surface area contributed by atoms with Gasteiger partial charge in [0.05, 0.1) is 0 Å². The second-order valence-corrected chi connectivity index (χ2v) is 6.59. The number of carbonyl (C=O) groups excluding carboxylic acids is 1. The van der Waals surface area contributed by atoms with Crippen molar-refractivity contribution >= 4 is 22.4 Å². The molecule has 6 heteroatoms. The molecule has 1 fully saturated rings. The molecule has 2 N–H and O–H groups in total. The third-order valence-corrected chi connectivity index (χ3v) is 4.99. The number of nitrogens with one attached hydrogen (secondary N) is 1. The number of aliphatic hydroxyl groups is 1. The van der Waals surface area contributed by atoms with Gasteiger partial charge in [0.25, 0.3) is 5.91 Å². The summed E-state index contributed by atoms with van der Waals surface area (Å²) in [6.45, 7) is 0. The molecular weight excluding hydrogens is 298 g/mol. The van der Waals surface area contributed by atoms with Crippen LogP contribution in [0.15, 0.2) is 30.3 Å². The average molecular weight is 317 g/mol. The molecule has 0 bridgehead atoms. The minimum Gasteiger partial charge on any atom is -0.378 e. The predicted molar refractivity (Wildman–Crippen MR) is 85.8 cm³/mol. The second kappa shape index (κ2) is 6.98. The summed E-state index contributed by atoms with van der Waals surface area (Å²) in [5, 5.41) is 22.4. The van der Waals surface area contributed by atoms with Gasteiger partial charge in [0.1, 0.15) is 5.01 Å². The molecule has 5 nitrogen and oxygen atoms in total. The van der Waals surface area contributed by atoms with Gasteiger partial charge in [-0.1, -0.05) is 60.9 Å². The van der Waals surface area contributed by atoms with E-state index in [1.165, 1.54) is 30.6 Å². The fourth-order valence-electron chi connectivity index (χ4n) is 2.76. The number of aliphatic hydroxyl groups excluding tert-OH is 1. The summed E-state index contributed by atoms with van der Waals surface area (Å²) in [6.07, 6.45) is 4.87. The molecule has 0 spiro atoms. The largest absolute Gasteiger partial charge is 0.378 e. The Morgan fingerprint density at radius 2 is 1.91 bits per heavy atom. The summed E-state index contributed by atoms with van der Waals surface area (Å²) in [5.41, 5.74) is 0.567. The second-order valence-electron chi connectivity index (χ2n) is 5.58. The number of benzene rings is 1. The molecule has 0 unspecified atom stereocenters. The Morgan fingerprint density at radius 1 is 1.18 bits per heavy atom. The number of amides is 1. The Hall–Kier alpha value is -1.79. The van der Waals surface area contributed by atoms with E-state index in [4.69, 9.17) is 0 Å². The molecule has 3 rings (SSSR count). The molecule has 2 aromatic rings.